The Morgan fingerprint density at radius 2 is 2.06 bits per heavy atom. The third-order valence-corrected chi connectivity index (χ3v) is 5.33. The highest BCUT2D eigenvalue weighted by molar-refractivity contribution is 7.16. The van der Waals surface area contributed by atoms with Gasteiger partial charge in [0, 0.05) is 28.6 Å². The van der Waals surface area contributed by atoms with Crippen molar-refractivity contribution in [2.45, 2.75) is 6.92 Å². The molecule has 4 rings (SSSR count). The lowest BCUT2D eigenvalue weighted by Crippen LogP contribution is -2.25. The van der Waals surface area contributed by atoms with Gasteiger partial charge in [-0.25, -0.2) is 4.98 Å². The summed E-state index contributed by atoms with van der Waals surface area (Å²) in [5, 5.41) is 16.6. The zero-order chi connectivity index (χ0) is 22.0. The molecule has 2 N–H and O–H groups in total. The quantitative estimate of drug-likeness (QED) is 0.354. The minimum absolute atomic E-state index is 0.00829. The number of nitrogens with zero attached hydrogens (tertiary/aromatic N) is 2. The van der Waals surface area contributed by atoms with Gasteiger partial charge in [0.1, 0.15) is 5.75 Å². The first-order valence-corrected chi connectivity index (χ1v) is 9.99. The van der Waals surface area contributed by atoms with Crippen LogP contribution in [0.4, 0.5) is 16.5 Å². The van der Waals surface area contributed by atoms with E-state index >= 15 is 0 Å². The normalized spacial score (nSPS) is 12.7. The van der Waals surface area contributed by atoms with Crippen LogP contribution < -0.4 is 15.4 Å². The number of thiazole rings is 1. The van der Waals surface area contributed by atoms with E-state index in [0.717, 1.165) is 10.4 Å². The van der Waals surface area contributed by atoms with E-state index < -0.39 is 4.92 Å². The monoisotopic (exact) mass is 436 g/mol. The number of nitrogens with one attached hydrogen (secondary N) is 2. The lowest BCUT2D eigenvalue weighted by atomic mass is 10.1. The van der Waals surface area contributed by atoms with Gasteiger partial charge >= 0.3 is 0 Å². The number of nitro benzene ring substituents is 1. The number of aryl methyl sites for hydroxylation is 1. The van der Waals surface area contributed by atoms with Crippen molar-refractivity contribution in [2.75, 3.05) is 17.2 Å². The number of hydrogen-bond acceptors (Lipinski definition) is 7. The van der Waals surface area contributed by atoms with Gasteiger partial charge in [-0.2, -0.15) is 0 Å². The Morgan fingerprint density at radius 3 is 2.81 bits per heavy atom. The van der Waals surface area contributed by atoms with Crippen molar-refractivity contribution in [3.05, 3.63) is 69.1 Å². The average molecular weight is 436 g/mol. The van der Waals surface area contributed by atoms with Gasteiger partial charge in [0.15, 0.2) is 11.7 Å². The summed E-state index contributed by atoms with van der Waals surface area (Å²) in [4.78, 5) is 39.4. The minimum Gasteiger partial charge on any atom is -0.482 e. The number of nitro groups is 1. The number of fused-ring (bicyclic) bond motifs is 1. The molecule has 0 atom stereocenters. The van der Waals surface area contributed by atoms with Crippen LogP contribution in [-0.2, 0) is 9.59 Å². The van der Waals surface area contributed by atoms with Crippen LogP contribution in [0.5, 0.6) is 5.75 Å². The highest BCUT2D eigenvalue weighted by Gasteiger charge is 2.18. The molecule has 10 heteroatoms. The van der Waals surface area contributed by atoms with E-state index in [9.17, 15) is 19.7 Å². The maximum Gasteiger partial charge on any atom is 0.269 e. The number of non-ortho nitro benzene ring substituents is 1. The van der Waals surface area contributed by atoms with Gasteiger partial charge in [0.25, 0.3) is 11.6 Å². The van der Waals surface area contributed by atoms with Gasteiger partial charge in [-0.05, 0) is 48.9 Å². The molecule has 3 aromatic rings. The van der Waals surface area contributed by atoms with Crippen LogP contribution in [0.2, 0.25) is 0 Å². The largest absolute Gasteiger partial charge is 0.482 e. The maximum atomic E-state index is 12.2. The van der Waals surface area contributed by atoms with Gasteiger partial charge in [-0.15, -0.1) is 11.3 Å². The van der Waals surface area contributed by atoms with E-state index in [2.05, 4.69) is 15.6 Å². The second-order valence-electron chi connectivity index (χ2n) is 6.64. The van der Waals surface area contributed by atoms with Crippen molar-refractivity contribution >= 4 is 45.7 Å². The highest BCUT2D eigenvalue weighted by Crippen LogP contribution is 2.36. The number of anilines is 2. The molecule has 31 heavy (non-hydrogen) atoms. The fraction of sp³-hybridized carbons (Fsp3) is 0.0952. The molecule has 0 radical (unpaired) electrons. The molecule has 0 saturated carbocycles. The number of hydrogen-bond donors (Lipinski definition) is 2. The molecular weight excluding hydrogens is 420 g/mol. The fourth-order valence-electron chi connectivity index (χ4n) is 2.97. The van der Waals surface area contributed by atoms with Crippen molar-refractivity contribution in [3.8, 4) is 17.0 Å². The predicted molar refractivity (Wildman–Crippen MR) is 117 cm³/mol. The van der Waals surface area contributed by atoms with Crippen LogP contribution in [0.1, 0.15) is 10.4 Å². The Morgan fingerprint density at radius 1 is 1.29 bits per heavy atom. The van der Waals surface area contributed by atoms with Crippen molar-refractivity contribution in [1.82, 2.24) is 4.98 Å². The standard InChI is InChI=1S/C21H16N4O5S/c1-12-20(14-5-8-17-16(10-14)22-19(27)11-30-17)24-21(31-12)23-18(26)9-4-13-2-6-15(7-3-13)25(28)29/h2-10H,11H2,1H3,(H,22,27)(H,23,24,26)/b9-4+. The van der Waals surface area contributed by atoms with E-state index in [1.54, 1.807) is 30.3 Å². The molecule has 0 fully saturated rings. The third kappa shape index (κ3) is 4.59. The summed E-state index contributed by atoms with van der Waals surface area (Å²) < 4.78 is 5.37. The smallest absolute Gasteiger partial charge is 0.269 e. The van der Waals surface area contributed by atoms with Crippen LogP contribution in [0, 0.1) is 17.0 Å². The Kier molecular flexibility index (Phi) is 5.46. The summed E-state index contributed by atoms with van der Waals surface area (Å²) >= 11 is 1.33. The predicted octanol–water partition coefficient (Wildman–Crippen LogP) is 4.01. The van der Waals surface area contributed by atoms with E-state index in [1.807, 2.05) is 13.0 Å². The molecule has 2 amide bonds. The minimum atomic E-state index is -0.480. The number of carbonyl (C=O) groups excluding carboxylic acids is 2. The molecule has 1 aromatic heterocycles. The van der Waals surface area contributed by atoms with E-state index in [4.69, 9.17) is 4.74 Å². The SMILES string of the molecule is Cc1sc(NC(=O)/C=C/c2ccc([N+](=O)[O-])cc2)nc1-c1ccc2c(c1)NC(=O)CO2. The lowest BCUT2D eigenvalue weighted by Gasteiger charge is -2.18. The van der Waals surface area contributed by atoms with Crippen molar-refractivity contribution in [1.29, 1.82) is 0 Å². The molecule has 1 aliphatic heterocycles. The van der Waals surface area contributed by atoms with Gasteiger partial charge < -0.3 is 10.1 Å². The highest BCUT2D eigenvalue weighted by atomic mass is 32.1. The third-order valence-electron chi connectivity index (χ3n) is 4.44. The molecule has 0 bridgehead atoms. The first kappa shape index (κ1) is 20.2. The number of ether oxygens (including phenoxy) is 1. The van der Waals surface area contributed by atoms with Crippen molar-refractivity contribution in [3.63, 3.8) is 0 Å². The summed E-state index contributed by atoms with van der Waals surface area (Å²) in [5.74, 6) is 0.0123. The fourth-order valence-corrected chi connectivity index (χ4v) is 3.81. The molecule has 2 heterocycles. The number of carbonyl (C=O) groups is 2. The molecule has 1 aliphatic rings. The van der Waals surface area contributed by atoms with E-state index in [1.165, 1.54) is 29.5 Å². The molecule has 0 saturated heterocycles. The molecule has 156 valence electrons. The summed E-state index contributed by atoms with van der Waals surface area (Å²) in [6.07, 6.45) is 2.90. The second-order valence-corrected chi connectivity index (χ2v) is 7.85. The van der Waals surface area contributed by atoms with Gasteiger partial charge in [-0.1, -0.05) is 0 Å². The Labute approximate surface area is 180 Å². The zero-order valence-corrected chi connectivity index (χ0v) is 17.1. The van der Waals surface area contributed by atoms with E-state index in [0.29, 0.717) is 27.8 Å². The van der Waals surface area contributed by atoms with Crippen LogP contribution >= 0.6 is 11.3 Å². The average Bonchev–Trinajstić information content (AvgIpc) is 3.11. The molecule has 0 aliphatic carbocycles. The number of rotatable bonds is 5. The number of amides is 2. The first-order valence-electron chi connectivity index (χ1n) is 9.17. The summed E-state index contributed by atoms with van der Waals surface area (Å²) in [6.45, 7) is 1.88. The molecule has 2 aromatic carbocycles. The lowest BCUT2D eigenvalue weighted by molar-refractivity contribution is -0.384. The molecule has 0 unspecified atom stereocenters. The number of benzene rings is 2. The first-order chi connectivity index (χ1) is 14.9. The van der Waals surface area contributed by atoms with Crippen molar-refractivity contribution < 1.29 is 19.2 Å². The summed E-state index contributed by atoms with van der Waals surface area (Å²) in [7, 11) is 0. The topological polar surface area (TPSA) is 123 Å². The van der Waals surface area contributed by atoms with E-state index in [-0.39, 0.29) is 24.1 Å². The van der Waals surface area contributed by atoms with Crippen LogP contribution in [0.25, 0.3) is 17.3 Å². The zero-order valence-electron chi connectivity index (χ0n) is 16.2. The van der Waals surface area contributed by atoms with Crippen LogP contribution in [-0.4, -0.2) is 28.3 Å². The van der Waals surface area contributed by atoms with Crippen molar-refractivity contribution in [2.24, 2.45) is 0 Å². The Bertz CT molecular complexity index is 1220. The second kappa shape index (κ2) is 8.36. The van der Waals surface area contributed by atoms with Gasteiger partial charge in [0.2, 0.25) is 5.91 Å². The van der Waals surface area contributed by atoms with Crippen LogP contribution in [0.15, 0.2) is 48.5 Å². The van der Waals surface area contributed by atoms with Gasteiger partial charge in [0.05, 0.1) is 16.3 Å². The molecular formula is C21H16N4O5S. The Hall–Kier alpha value is -4.05. The molecule has 9 nitrogen and oxygen atoms in total. The number of aromatic nitrogens is 1. The maximum absolute atomic E-state index is 12.2. The molecule has 0 spiro atoms. The Balaban J connectivity index is 1.46. The summed E-state index contributed by atoms with van der Waals surface area (Å²) in [6, 6.07) is 11.3. The summed E-state index contributed by atoms with van der Waals surface area (Å²) in [5.41, 5.74) is 2.72. The van der Waals surface area contributed by atoms with Crippen LogP contribution in [0.3, 0.4) is 0 Å². The van der Waals surface area contributed by atoms with Gasteiger partial charge in [-0.3, -0.25) is 25.0 Å².